The topological polar surface area (TPSA) is 12.9 Å². The number of benzene rings is 3. The van der Waals surface area contributed by atoms with E-state index in [1.165, 1.54) is 50.8 Å². The summed E-state index contributed by atoms with van der Waals surface area (Å²) in [6, 6.07) is 32.9. The maximum absolute atomic E-state index is 5.05. The molecule has 0 saturated heterocycles. The zero-order valence-electron chi connectivity index (χ0n) is 16.4. The molecule has 1 heterocycles. The Morgan fingerprint density at radius 2 is 1.38 bits per heavy atom. The highest BCUT2D eigenvalue weighted by molar-refractivity contribution is 7.73. The monoisotopic (exact) mass is 413 g/mol. The normalized spacial score (nSPS) is 16.0. The molecular formula is C26H24NPS. The quantitative estimate of drug-likeness (QED) is 0.347. The van der Waals surface area contributed by atoms with Crippen molar-refractivity contribution in [1.29, 1.82) is 0 Å². The van der Waals surface area contributed by atoms with Crippen molar-refractivity contribution in [3.8, 4) is 10.6 Å². The Kier molecular flexibility index (Phi) is 5.56. The number of rotatable bonds is 5. The molecule has 3 heteroatoms. The molecule has 0 spiro atoms. The predicted octanol–water partition coefficient (Wildman–Crippen LogP) is 6.36. The molecule has 0 fully saturated rings. The van der Waals surface area contributed by atoms with Gasteiger partial charge < -0.3 is 0 Å². The zero-order chi connectivity index (χ0) is 19.5. The van der Waals surface area contributed by atoms with Gasteiger partial charge in [-0.3, -0.25) is 0 Å². The van der Waals surface area contributed by atoms with Crippen LogP contribution in [0.5, 0.6) is 0 Å². The Morgan fingerprint density at radius 1 is 0.793 bits per heavy atom. The van der Waals surface area contributed by atoms with Gasteiger partial charge in [0.05, 0.1) is 5.69 Å². The van der Waals surface area contributed by atoms with Crippen LogP contribution in [-0.2, 0) is 6.42 Å². The predicted molar refractivity (Wildman–Crippen MR) is 127 cm³/mol. The molecule has 0 N–H and O–H groups in total. The van der Waals surface area contributed by atoms with Crippen molar-refractivity contribution in [2.75, 3.05) is 6.16 Å². The summed E-state index contributed by atoms with van der Waals surface area (Å²) in [5.41, 5.74) is 2.60. The molecule has 0 aliphatic heterocycles. The molecule has 0 radical (unpaired) electrons. The molecule has 29 heavy (non-hydrogen) atoms. The third-order valence-electron chi connectivity index (χ3n) is 5.62. The Labute approximate surface area is 178 Å². The van der Waals surface area contributed by atoms with Crippen LogP contribution in [0.15, 0.2) is 91.0 Å². The van der Waals surface area contributed by atoms with E-state index in [0.29, 0.717) is 5.92 Å². The first-order valence-electron chi connectivity index (χ1n) is 10.3. The summed E-state index contributed by atoms with van der Waals surface area (Å²) in [6.45, 7) is 0. The molecule has 4 aromatic rings. The number of thiazole rings is 1. The Balaban J connectivity index is 1.49. The van der Waals surface area contributed by atoms with Crippen molar-refractivity contribution in [1.82, 2.24) is 4.98 Å². The summed E-state index contributed by atoms with van der Waals surface area (Å²) in [6.07, 6.45) is 4.88. The maximum atomic E-state index is 5.05. The van der Waals surface area contributed by atoms with Crippen molar-refractivity contribution in [2.24, 2.45) is 0 Å². The van der Waals surface area contributed by atoms with Crippen LogP contribution in [0, 0.1) is 0 Å². The third kappa shape index (κ3) is 4.06. The summed E-state index contributed by atoms with van der Waals surface area (Å²) < 4.78 is 0. The van der Waals surface area contributed by atoms with E-state index in [4.69, 9.17) is 4.98 Å². The molecule has 0 unspecified atom stereocenters. The van der Waals surface area contributed by atoms with E-state index in [1.807, 2.05) is 11.3 Å². The molecule has 3 aromatic carbocycles. The van der Waals surface area contributed by atoms with Gasteiger partial charge in [0.1, 0.15) is 5.01 Å². The number of nitrogens with zero attached hydrogens (tertiary/aromatic N) is 1. The van der Waals surface area contributed by atoms with Crippen molar-refractivity contribution >= 4 is 29.9 Å². The highest BCUT2D eigenvalue weighted by Crippen LogP contribution is 2.46. The summed E-state index contributed by atoms with van der Waals surface area (Å²) in [7, 11) is -0.364. The van der Waals surface area contributed by atoms with Gasteiger partial charge in [0.15, 0.2) is 0 Å². The average Bonchev–Trinajstić information content (AvgIpc) is 3.24. The van der Waals surface area contributed by atoms with Crippen LogP contribution in [0.25, 0.3) is 10.6 Å². The van der Waals surface area contributed by atoms with Gasteiger partial charge in [-0.1, -0.05) is 91.0 Å². The van der Waals surface area contributed by atoms with Crippen molar-refractivity contribution < 1.29 is 0 Å². The van der Waals surface area contributed by atoms with Gasteiger partial charge >= 0.3 is 0 Å². The highest BCUT2D eigenvalue weighted by Gasteiger charge is 2.28. The second kappa shape index (κ2) is 8.61. The molecule has 1 atom stereocenters. The molecule has 144 valence electrons. The second-order valence-electron chi connectivity index (χ2n) is 7.57. The minimum atomic E-state index is -0.364. The standard InChI is InChI=1S/C26H24NPS/c1-4-11-20(12-5-1)26-27-24-18-10-13-21(25(24)29-26)19-28(22-14-6-2-7-15-22)23-16-8-3-9-17-23/h1-9,11-12,14-17,21H,10,13,18-19H2/t21-/m1/s1. The summed E-state index contributed by atoms with van der Waals surface area (Å²) in [5, 5.41) is 4.15. The summed E-state index contributed by atoms with van der Waals surface area (Å²) >= 11 is 1.93. The first-order chi connectivity index (χ1) is 14.4. The fraction of sp³-hybridized carbons (Fsp3) is 0.192. The molecule has 1 nitrogen and oxygen atoms in total. The fourth-order valence-electron chi connectivity index (χ4n) is 4.18. The van der Waals surface area contributed by atoms with Gasteiger partial charge in [0.2, 0.25) is 0 Å². The van der Waals surface area contributed by atoms with E-state index in [1.54, 1.807) is 0 Å². The minimum absolute atomic E-state index is 0.364. The van der Waals surface area contributed by atoms with E-state index in [-0.39, 0.29) is 7.92 Å². The van der Waals surface area contributed by atoms with Gasteiger partial charge in [0.25, 0.3) is 0 Å². The van der Waals surface area contributed by atoms with Crippen molar-refractivity contribution in [3.05, 3.63) is 102 Å². The first-order valence-corrected chi connectivity index (χ1v) is 12.7. The SMILES string of the molecule is c1ccc(-c2nc3c(s2)[C@@H](CP(c2ccccc2)c2ccccc2)CCC3)cc1. The van der Waals surface area contributed by atoms with Crippen LogP contribution in [0.1, 0.15) is 29.3 Å². The zero-order valence-corrected chi connectivity index (χ0v) is 18.1. The first kappa shape index (κ1) is 18.7. The lowest BCUT2D eigenvalue weighted by Crippen LogP contribution is -2.19. The van der Waals surface area contributed by atoms with Gasteiger partial charge in [-0.15, -0.1) is 11.3 Å². The van der Waals surface area contributed by atoms with Crippen molar-refractivity contribution in [3.63, 3.8) is 0 Å². The number of aromatic nitrogens is 1. The van der Waals surface area contributed by atoms with Gasteiger partial charge in [-0.2, -0.15) is 0 Å². The van der Waals surface area contributed by atoms with Gasteiger partial charge in [0, 0.05) is 10.4 Å². The molecule has 0 bridgehead atoms. The van der Waals surface area contributed by atoms with E-state index in [0.717, 1.165) is 6.42 Å². The lowest BCUT2D eigenvalue weighted by molar-refractivity contribution is 0.597. The molecule has 1 aliphatic rings. The molecule has 0 saturated carbocycles. The Bertz CT molecular complexity index is 1020. The molecule has 0 amide bonds. The summed E-state index contributed by atoms with van der Waals surface area (Å²) in [4.78, 5) is 6.59. The minimum Gasteiger partial charge on any atom is -0.241 e. The van der Waals surface area contributed by atoms with E-state index in [9.17, 15) is 0 Å². The second-order valence-corrected chi connectivity index (χ2v) is 10.9. The van der Waals surface area contributed by atoms with Crippen LogP contribution >= 0.6 is 19.3 Å². The van der Waals surface area contributed by atoms with Crippen LogP contribution in [0.4, 0.5) is 0 Å². The fourth-order valence-corrected chi connectivity index (χ4v) is 8.15. The van der Waals surface area contributed by atoms with Crippen LogP contribution < -0.4 is 10.6 Å². The number of hydrogen-bond acceptors (Lipinski definition) is 2. The van der Waals surface area contributed by atoms with Gasteiger partial charge in [-0.05, 0) is 49.9 Å². The molecule has 1 aromatic heterocycles. The van der Waals surface area contributed by atoms with E-state index in [2.05, 4.69) is 91.0 Å². The average molecular weight is 414 g/mol. The Morgan fingerprint density at radius 3 is 2.00 bits per heavy atom. The number of aryl methyl sites for hydroxylation is 1. The van der Waals surface area contributed by atoms with E-state index >= 15 is 0 Å². The summed E-state index contributed by atoms with van der Waals surface area (Å²) in [5.74, 6) is 0.611. The Hall–Kier alpha value is -2.28. The third-order valence-corrected chi connectivity index (χ3v) is 9.58. The largest absolute Gasteiger partial charge is 0.241 e. The number of hydrogen-bond donors (Lipinski definition) is 0. The smallest absolute Gasteiger partial charge is 0.123 e. The van der Waals surface area contributed by atoms with E-state index < -0.39 is 0 Å². The lowest BCUT2D eigenvalue weighted by Gasteiger charge is -2.27. The molecular weight excluding hydrogens is 389 g/mol. The van der Waals surface area contributed by atoms with Crippen LogP contribution in [0.3, 0.4) is 0 Å². The van der Waals surface area contributed by atoms with Crippen LogP contribution in [-0.4, -0.2) is 11.1 Å². The van der Waals surface area contributed by atoms with Crippen molar-refractivity contribution in [2.45, 2.75) is 25.2 Å². The van der Waals surface area contributed by atoms with Gasteiger partial charge in [-0.25, -0.2) is 4.98 Å². The lowest BCUT2D eigenvalue weighted by atomic mass is 9.93. The maximum Gasteiger partial charge on any atom is 0.123 e. The highest BCUT2D eigenvalue weighted by atomic mass is 32.1. The van der Waals surface area contributed by atoms with Crippen LogP contribution in [0.2, 0.25) is 0 Å². The number of fused-ring (bicyclic) bond motifs is 1. The molecule has 5 rings (SSSR count). The molecule has 1 aliphatic carbocycles.